The lowest BCUT2D eigenvalue weighted by molar-refractivity contribution is 0.0257. The fourth-order valence-corrected chi connectivity index (χ4v) is 4.01. The fourth-order valence-electron chi connectivity index (χ4n) is 3.67. The van der Waals surface area contributed by atoms with E-state index in [1.54, 1.807) is 22.0 Å². The first-order chi connectivity index (χ1) is 14.5. The number of hydrogen-bond donors (Lipinski definition) is 0. The van der Waals surface area contributed by atoms with Crippen molar-refractivity contribution in [2.24, 2.45) is 0 Å². The zero-order valence-electron chi connectivity index (χ0n) is 18.2. The van der Waals surface area contributed by atoms with Crippen LogP contribution in [0.25, 0.3) is 11.2 Å². The molecule has 4 rings (SSSR count). The van der Waals surface area contributed by atoms with Crippen LogP contribution >= 0.6 is 11.6 Å². The number of rotatable bonds is 4. The van der Waals surface area contributed by atoms with Crippen LogP contribution in [-0.2, 0) is 12.0 Å². The first-order valence-electron chi connectivity index (χ1n) is 10.0. The molecule has 4 heterocycles. The molecular formula is C20H25ClF2N8. The highest BCUT2D eigenvalue weighted by molar-refractivity contribution is 6.33. The third-order valence-electron chi connectivity index (χ3n) is 5.20. The van der Waals surface area contributed by atoms with Gasteiger partial charge in [-0.05, 0) is 0 Å². The van der Waals surface area contributed by atoms with Crippen LogP contribution in [0.2, 0.25) is 5.02 Å². The van der Waals surface area contributed by atoms with Crippen molar-refractivity contribution in [3.05, 3.63) is 28.8 Å². The van der Waals surface area contributed by atoms with Crippen molar-refractivity contribution in [3.8, 4) is 0 Å². The van der Waals surface area contributed by atoms with Crippen molar-refractivity contribution >= 4 is 34.3 Å². The van der Waals surface area contributed by atoms with Crippen LogP contribution in [0.4, 0.5) is 20.3 Å². The average Bonchev–Trinajstić information content (AvgIpc) is 3.23. The van der Waals surface area contributed by atoms with Gasteiger partial charge in [-0.1, -0.05) is 37.6 Å². The summed E-state index contributed by atoms with van der Waals surface area (Å²) in [5.74, 6) is -1.80. The Labute approximate surface area is 184 Å². The molecule has 0 aromatic carbocycles. The highest BCUT2D eigenvalue weighted by Crippen LogP contribution is 2.34. The third kappa shape index (κ3) is 4.13. The fraction of sp³-hybridized carbons (Fsp3) is 0.550. The van der Waals surface area contributed by atoms with E-state index in [4.69, 9.17) is 16.6 Å². The Hall–Kier alpha value is -2.62. The molecule has 8 nitrogen and oxygen atoms in total. The molecule has 0 spiro atoms. The average molecular weight is 451 g/mol. The predicted octanol–water partition coefficient (Wildman–Crippen LogP) is 3.53. The lowest BCUT2D eigenvalue weighted by atomic mass is 9.96. The van der Waals surface area contributed by atoms with E-state index in [0.29, 0.717) is 34.4 Å². The van der Waals surface area contributed by atoms with Gasteiger partial charge in [-0.3, -0.25) is 4.98 Å². The van der Waals surface area contributed by atoms with E-state index in [2.05, 4.69) is 20.3 Å². The van der Waals surface area contributed by atoms with Crippen LogP contribution < -0.4 is 9.80 Å². The van der Waals surface area contributed by atoms with Crippen molar-refractivity contribution in [3.63, 3.8) is 0 Å². The normalized spacial score (nSPS) is 16.3. The van der Waals surface area contributed by atoms with Crippen molar-refractivity contribution in [2.45, 2.75) is 45.1 Å². The monoisotopic (exact) mass is 450 g/mol. The number of nitrogens with zero attached hydrogens (tertiary/aromatic N) is 8. The zero-order valence-corrected chi connectivity index (χ0v) is 19.0. The van der Waals surface area contributed by atoms with Crippen molar-refractivity contribution in [1.82, 2.24) is 29.9 Å². The number of alkyl halides is 2. The molecule has 3 aromatic rings. The van der Waals surface area contributed by atoms with Crippen molar-refractivity contribution < 1.29 is 8.78 Å². The Kier molecular flexibility index (Phi) is 5.23. The molecule has 0 amide bonds. The van der Waals surface area contributed by atoms with E-state index in [9.17, 15) is 8.78 Å². The summed E-state index contributed by atoms with van der Waals surface area (Å²) in [7, 11) is 3.80. The molecular weight excluding hydrogens is 426 g/mol. The number of pyridine rings is 1. The van der Waals surface area contributed by atoms with Gasteiger partial charge in [0.15, 0.2) is 17.0 Å². The molecule has 0 atom stereocenters. The summed E-state index contributed by atoms with van der Waals surface area (Å²) in [5, 5.41) is 9.06. The van der Waals surface area contributed by atoms with Gasteiger partial charge in [-0.2, -0.15) is 0 Å². The van der Waals surface area contributed by atoms with E-state index in [0.717, 1.165) is 11.3 Å². The van der Waals surface area contributed by atoms with Gasteiger partial charge in [0.2, 0.25) is 0 Å². The van der Waals surface area contributed by atoms with Gasteiger partial charge >= 0.3 is 0 Å². The second-order valence-corrected chi connectivity index (χ2v) is 9.50. The van der Waals surface area contributed by atoms with Gasteiger partial charge in [0.05, 0.1) is 23.8 Å². The summed E-state index contributed by atoms with van der Waals surface area (Å²) in [6, 6.07) is 0. The van der Waals surface area contributed by atoms with E-state index >= 15 is 0 Å². The van der Waals surface area contributed by atoms with Crippen LogP contribution in [0.1, 0.15) is 38.6 Å². The first kappa shape index (κ1) is 21.6. The summed E-state index contributed by atoms with van der Waals surface area (Å²) in [4.78, 5) is 17.0. The van der Waals surface area contributed by atoms with E-state index in [1.165, 1.54) is 0 Å². The molecule has 166 valence electrons. The zero-order chi connectivity index (χ0) is 22.6. The molecule has 1 aliphatic heterocycles. The minimum Gasteiger partial charge on any atom is -0.376 e. The summed E-state index contributed by atoms with van der Waals surface area (Å²) in [6.45, 7) is 6.09. The lowest BCUT2D eigenvalue weighted by Crippen LogP contribution is -2.27. The largest absolute Gasteiger partial charge is 0.376 e. The molecule has 1 aliphatic rings. The predicted molar refractivity (Wildman–Crippen MR) is 116 cm³/mol. The first-order valence-corrected chi connectivity index (χ1v) is 10.4. The smallest absolute Gasteiger partial charge is 0.266 e. The minimum absolute atomic E-state index is 0.207. The molecule has 31 heavy (non-hydrogen) atoms. The van der Waals surface area contributed by atoms with Gasteiger partial charge in [0, 0.05) is 50.4 Å². The molecule has 1 saturated heterocycles. The third-order valence-corrected chi connectivity index (χ3v) is 5.48. The van der Waals surface area contributed by atoms with E-state index in [-0.39, 0.29) is 18.4 Å². The van der Waals surface area contributed by atoms with Crippen LogP contribution in [0, 0.1) is 0 Å². The Morgan fingerprint density at radius 1 is 1.19 bits per heavy atom. The molecule has 11 heteroatoms. The Morgan fingerprint density at radius 2 is 1.94 bits per heavy atom. The Bertz CT molecular complexity index is 1120. The summed E-state index contributed by atoms with van der Waals surface area (Å²) in [5.41, 5.74) is 2.19. The number of fused-ring (bicyclic) bond motifs is 1. The number of anilines is 2. The Morgan fingerprint density at radius 3 is 2.55 bits per heavy atom. The molecule has 1 fully saturated rings. The van der Waals surface area contributed by atoms with Crippen molar-refractivity contribution in [2.75, 3.05) is 37.0 Å². The van der Waals surface area contributed by atoms with E-state index < -0.39 is 12.5 Å². The molecule has 0 unspecified atom stereocenters. The van der Waals surface area contributed by atoms with Gasteiger partial charge < -0.3 is 9.80 Å². The molecule has 3 aromatic heterocycles. The molecule has 0 N–H and O–H groups in total. The lowest BCUT2D eigenvalue weighted by Gasteiger charge is -2.22. The van der Waals surface area contributed by atoms with E-state index in [1.807, 2.05) is 39.8 Å². The SMILES string of the molecule is CN(C)c1c(Cl)cncc1Cn1nnc2c(N3CCC(F)(F)C3)nc(C(C)(C)C)nc21. The maximum absolute atomic E-state index is 13.9. The highest BCUT2D eigenvalue weighted by atomic mass is 35.5. The quantitative estimate of drug-likeness (QED) is 0.601. The molecule has 0 radical (unpaired) electrons. The summed E-state index contributed by atoms with van der Waals surface area (Å²) < 4.78 is 29.5. The summed E-state index contributed by atoms with van der Waals surface area (Å²) in [6.07, 6.45) is 3.10. The second kappa shape index (κ2) is 7.51. The van der Waals surface area contributed by atoms with Gasteiger partial charge in [-0.15, -0.1) is 5.10 Å². The van der Waals surface area contributed by atoms with Gasteiger partial charge in [-0.25, -0.2) is 23.4 Å². The maximum atomic E-state index is 13.9. The maximum Gasteiger partial charge on any atom is 0.266 e. The minimum atomic E-state index is -2.75. The number of hydrogen-bond acceptors (Lipinski definition) is 7. The topological polar surface area (TPSA) is 75.9 Å². The van der Waals surface area contributed by atoms with Crippen LogP contribution in [0.3, 0.4) is 0 Å². The molecule has 0 saturated carbocycles. The molecule has 0 bridgehead atoms. The highest BCUT2D eigenvalue weighted by Gasteiger charge is 2.40. The van der Waals surface area contributed by atoms with Gasteiger partial charge in [0.1, 0.15) is 5.82 Å². The van der Waals surface area contributed by atoms with Crippen molar-refractivity contribution in [1.29, 1.82) is 0 Å². The summed E-state index contributed by atoms with van der Waals surface area (Å²) >= 11 is 6.35. The number of halogens is 3. The second-order valence-electron chi connectivity index (χ2n) is 9.09. The Balaban J connectivity index is 1.84. The van der Waals surface area contributed by atoms with Crippen LogP contribution in [0.5, 0.6) is 0 Å². The molecule has 0 aliphatic carbocycles. The van der Waals surface area contributed by atoms with Crippen LogP contribution in [-0.4, -0.2) is 63.1 Å². The van der Waals surface area contributed by atoms with Gasteiger partial charge in [0.25, 0.3) is 5.92 Å². The van der Waals surface area contributed by atoms with Crippen LogP contribution in [0.15, 0.2) is 12.4 Å². The number of aromatic nitrogens is 6. The standard InChI is InChI=1S/C20H25ClF2N8/c1-19(2,3)18-25-16(30-7-6-20(22,23)11-30)14-17(26-18)31(28-27-14)10-12-8-24-9-13(21)15(12)29(4)5/h8-9H,6-7,10-11H2,1-5H3.